The van der Waals surface area contributed by atoms with Crippen LogP contribution in [0.3, 0.4) is 0 Å². The molecule has 8 heteroatoms. The van der Waals surface area contributed by atoms with Gasteiger partial charge in [-0.25, -0.2) is 8.42 Å². The molecule has 1 heterocycles. The van der Waals surface area contributed by atoms with Gasteiger partial charge in [-0.1, -0.05) is 13.8 Å². The number of ether oxygens (including phenoxy) is 1. The third-order valence-electron chi connectivity index (χ3n) is 4.25. The van der Waals surface area contributed by atoms with Crippen LogP contribution >= 0.6 is 0 Å². The lowest BCUT2D eigenvalue weighted by Crippen LogP contribution is -2.33. The summed E-state index contributed by atoms with van der Waals surface area (Å²) in [5, 5.41) is 0. The quantitative estimate of drug-likeness (QED) is 0.619. The summed E-state index contributed by atoms with van der Waals surface area (Å²) in [6, 6.07) is 7.86. The molecule has 0 aliphatic heterocycles. The lowest BCUT2D eigenvalue weighted by atomic mass is 10.2. The van der Waals surface area contributed by atoms with E-state index in [4.69, 9.17) is 9.15 Å². The molecule has 1 aromatic carbocycles. The number of methoxy groups -OCH3 is 1. The minimum absolute atomic E-state index is 0.182. The standard InChI is InChI=1S/C19H26N2O5S/c1-4-21(5-2)27(23,24)18-8-6-17(7-9-18)19(22)20(11-13-25-3)14-16-10-12-26-15-16/h6-10,12,15H,4-5,11,13-14H2,1-3H3. The number of carbonyl (C=O) groups excluding carboxylic acids is 1. The predicted octanol–water partition coefficient (Wildman–Crippen LogP) is 2.60. The fourth-order valence-electron chi connectivity index (χ4n) is 2.72. The highest BCUT2D eigenvalue weighted by Crippen LogP contribution is 2.18. The molecule has 1 aromatic heterocycles. The van der Waals surface area contributed by atoms with E-state index < -0.39 is 10.0 Å². The first-order chi connectivity index (χ1) is 12.9. The van der Waals surface area contributed by atoms with Crippen molar-refractivity contribution in [1.29, 1.82) is 0 Å². The molecule has 0 saturated heterocycles. The highest BCUT2D eigenvalue weighted by atomic mass is 32.2. The minimum atomic E-state index is -3.54. The summed E-state index contributed by atoms with van der Waals surface area (Å²) in [6.07, 6.45) is 3.15. The summed E-state index contributed by atoms with van der Waals surface area (Å²) in [5.41, 5.74) is 1.30. The van der Waals surface area contributed by atoms with Crippen LogP contribution in [0.15, 0.2) is 52.2 Å². The van der Waals surface area contributed by atoms with Crippen LogP contribution in [0.2, 0.25) is 0 Å². The maximum atomic E-state index is 12.9. The molecule has 27 heavy (non-hydrogen) atoms. The van der Waals surface area contributed by atoms with E-state index in [1.807, 2.05) is 0 Å². The fourth-order valence-corrected chi connectivity index (χ4v) is 4.18. The van der Waals surface area contributed by atoms with E-state index in [1.54, 1.807) is 56.6 Å². The van der Waals surface area contributed by atoms with Crippen LogP contribution in [0.4, 0.5) is 0 Å². The van der Waals surface area contributed by atoms with Crippen molar-refractivity contribution in [3.05, 3.63) is 54.0 Å². The Hall–Kier alpha value is -2.16. The second-order valence-corrected chi connectivity index (χ2v) is 7.90. The average molecular weight is 394 g/mol. The highest BCUT2D eigenvalue weighted by Gasteiger charge is 2.22. The molecule has 0 saturated carbocycles. The predicted molar refractivity (Wildman–Crippen MR) is 102 cm³/mol. The molecule has 148 valence electrons. The largest absolute Gasteiger partial charge is 0.472 e. The minimum Gasteiger partial charge on any atom is -0.472 e. The van der Waals surface area contributed by atoms with Gasteiger partial charge in [0.25, 0.3) is 5.91 Å². The highest BCUT2D eigenvalue weighted by molar-refractivity contribution is 7.89. The average Bonchev–Trinajstić information content (AvgIpc) is 3.18. The molecule has 2 rings (SSSR count). The third kappa shape index (κ3) is 5.18. The molecule has 1 amide bonds. The molecule has 0 N–H and O–H groups in total. The van der Waals surface area contributed by atoms with Crippen molar-refractivity contribution in [3.63, 3.8) is 0 Å². The number of sulfonamides is 1. The number of nitrogens with zero attached hydrogens (tertiary/aromatic N) is 2. The molecule has 7 nitrogen and oxygen atoms in total. The Labute approximate surface area is 160 Å². The Balaban J connectivity index is 2.21. The van der Waals surface area contributed by atoms with Crippen molar-refractivity contribution in [3.8, 4) is 0 Å². The lowest BCUT2D eigenvalue weighted by molar-refractivity contribution is 0.0680. The van der Waals surface area contributed by atoms with Crippen molar-refractivity contribution in [2.24, 2.45) is 0 Å². The zero-order valence-corrected chi connectivity index (χ0v) is 16.7. The van der Waals surface area contributed by atoms with Gasteiger partial charge < -0.3 is 14.1 Å². The Morgan fingerprint density at radius 1 is 1.11 bits per heavy atom. The van der Waals surface area contributed by atoms with Gasteiger partial charge in [0.1, 0.15) is 0 Å². The Morgan fingerprint density at radius 3 is 2.30 bits per heavy atom. The van der Waals surface area contributed by atoms with Gasteiger partial charge in [0.05, 0.1) is 24.0 Å². The van der Waals surface area contributed by atoms with Crippen LogP contribution in [0.5, 0.6) is 0 Å². The van der Waals surface area contributed by atoms with Gasteiger partial charge in [0.2, 0.25) is 10.0 Å². The summed E-state index contributed by atoms with van der Waals surface area (Å²) in [5.74, 6) is -0.194. The second-order valence-electron chi connectivity index (χ2n) is 5.96. The van der Waals surface area contributed by atoms with Crippen LogP contribution in [0.1, 0.15) is 29.8 Å². The molecule has 0 aliphatic rings. The zero-order valence-electron chi connectivity index (χ0n) is 15.9. The van der Waals surface area contributed by atoms with Gasteiger partial charge in [-0.2, -0.15) is 4.31 Å². The molecule has 0 atom stereocenters. The van der Waals surface area contributed by atoms with Gasteiger partial charge in [0.15, 0.2) is 0 Å². The van der Waals surface area contributed by atoms with Crippen molar-refractivity contribution in [1.82, 2.24) is 9.21 Å². The van der Waals surface area contributed by atoms with Crippen molar-refractivity contribution < 1.29 is 22.4 Å². The first kappa shape index (κ1) is 21.1. The molecule has 0 unspecified atom stereocenters. The smallest absolute Gasteiger partial charge is 0.254 e. The topological polar surface area (TPSA) is 80.1 Å². The third-order valence-corrected chi connectivity index (χ3v) is 6.31. The molecule has 0 aliphatic carbocycles. The normalized spacial score (nSPS) is 11.7. The number of furan rings is 1. The molecule has 0 bridgehead atoms. The van der Waals surface area contributed by atoms with Crippen molar-refractivity contribution in [2.75, 3.05) is 33.4 Å². The van der Waals surface area contributed by atoms with Crippen LogP contribution in [0.25, 0.3) is 0 Å². The zero-order chi connectivity index (χ0) is 19.9. The summed E-state index contributed by atoms with van der Waals surface area (Å²) >= 11 is 0. The van der Waals surface area contributed by atoms with Crippen LogP contribution in [-0.4, -0.2) is 56.9 Å². The fraction of sp³-hybridized carbons (Fsp3) is 0.421. The summed E-state index contributed by atoms with van der Waals surface area (Å²) in [4.78, 5) is 14.7. The number of hydrogen-bond donors (Lipinski definition) is 0. The van der Waals surface area contributed by atoms with E-state index in [0.29, 0.717) is 38.3 Å². The van der Waals surface area contributed by atoms with E-state index in [1.165, 1.54) is 16.4 Å². The van der Waals surface area contributed by atoms with Gasteiger partial charge in [-0.3, -0.25) is 4.79 Å². The van der Waals surface area contributed by atoms with Crippen molar-refractivity contribution >= 4 is 15.9 Å². The van der Waals surface area contributed by atoms with E-state index in [9.17, 15) is 13.2 Å². The van der Waals surface area contributed by atoms with E-state index >= 15 is 0 Å². The first-order valence-corrected chi connectivity index (χ1v) is 10.3. The number of carbonyl (C=O) groups is 1. The SMILES string of the molecule is CCN(CC)S(=O)(=O)c1ccc(C(=O)N(CCOC)Cc2ccoc2)cc1. The second kappa shape index (κ2) is 9.68. The monoisotopic (exact) mass is 394 g/mol. The summed E-state index contributed by atoms with van der Waals surface area (Å²) in [7, 11) is -1.97. The molecule has 0 fully saturated rings. The van der Waals surface area contributed by atoms with Gasteiger partial charge in [-0.15, -0.1) is 0 Å². The molecule has 2 aromatic rings. The molecule has 0 spiro atoms. The lowest BCUT2D eigenvalue weighted by Gasteiger charge is -2.22. The summed E-state index contributed by atoms with van der Waals surface area (Å²) in [6.45, 7) is 5.59. The van der Waals surface area contributed by atoms with Crippen LogP contribution < -0.4 is 0 Å². The molecular weight excluding hydrogens is 368 g/mol. The van der Waals surface area contributed by atoms with Gasteiger partial charge in [0, 0.05) is 44.4 Å². The number of benzene rings is 1. The number of amides is 1. The van der Waals surface area contributed by atoms with Crippen LogP contribution in [0, 0.1) is 0 Å². The number of rotatable bonds is 10. The van der Waals surface area contributed by atoms with Gasteiger partial charge in [-0.05, 0) is 30.3 Å². The Morgan fingerprint density at radius 2 is 1.78 bits per heavy atom. The van der Waals surface area contributed by atoms with Crippen molar-refractivity contribution in [2.45, 2.75) is 25.3 Å². The maximum Gasteiger partial charge on any atom is 0.254 e. The van der Waals surface area contributed by atoms with E-state index in [-0.39, 0.29) is 10.8 Å². The molecule has 0 radical (unpaired) electrons. The molecular formula is C19H26N2O5S. The Kier molecular flexibility index (Phi) is 7.58. The van der Waals surface area contributed by atoms with Gasteiger partial charge >= 0.3 is 0 Å². The number of hydrogen-bond acceptors (Lipinski definition) is 5. The first-order valence-electron chi connectivity index (χ1n) is 8.83. The van der Waals surface area contributed by atoms with Crippen LogP contribution in [-0.2, 0) is 21.3 Å². The maximum absolute atomic E-state index is 12.9. The summed E-state index contributed by atoms with van der Waals surface area (Å²) < 4.78 is 36.7. The van der Waals surface area contributed by atoms with E-state index in [0.717, 1.165) is 5.56 Å². The Bertz CT molecular complexity index is 812. The van der Waals surface area contributed by atoms with E-state index in [2.05, 4.69) is 0 Å².